The Bertz CT molecular complexity index is 906. The Morgan fingerprint density at radius 2 is 2.05 bits per heavy atom. The number of benzene rings is 2. The SMILES string of the molecule is C#Cc1ccccc1-c1nc2ccc([N+](=O)[O-])cc2n1O. The van der Waals surface area contributed by atoms with Crippen molar-refractivity contribution in [2.24, 2.45) is 0 Å². The van der Waals surface area contributed by atoms with Crippen molar-refractivity contribution in [2.45, 2.75) is 0 Å². The van der Waals surface area contributed by atoms with E-state index >= 15 is 0 Å². The number of nitro groups is 1. The summed E-state index contributed by atoms with van der Waals surface area (Å²) in [5.41, 5.74) is 1.75. The van der Waals surface area contributed by atoms with Crippen molar-refractivity contribution < 1.29 is 10.1 Å². The Morgan fingerprint density at radius 1 is 1.29 bits per heavy atom. The summed E-state index contributed by atoms with van der Waals surface area (Å²) in [5.74, 6) is 2.77. The number of imidazole rings is 1. The molecule has 0 saturated carbocycles. The third-order valence-electron chi connectivity index (χ3n) is 3.15. The molecule has 0 radical (unpaired) electrons. The Labute approximate surface area is 119 Å². The lowest BCUT2D eigenvalue weighted by atomic mass is 10.1. The molecule has 3 aromatic rings. The van der Waals surface area contributed by atoms with Gasteiger partial charge in [0.15, 0.2) is 5.82 Å². The minimum Gasteiger partial charge on any atom is -0.426 e. The van der Waals surface area contributed by atoms with Crippen LogP contribution in [0.4, 0.5) is 5.69 Å². The van der Waals surface area contributed by atoms with Gasteiger partial charge in [-0.15, -0.1) is 6.42 Å². The Balaban J connectivity index is 2.28. The molecule has 0 amide bonds. The number of terminal acetylenes is 1. The van der Waals surface area contributed by atoms with Gasteiger partial charge in [-0.3, -0.25) is 10.1 Å². The monoisotopic (exact) mass is 279 g/mol. The zero-order valence-corrected chi connectivity index (χ0v) is 10.7. The van der Waals surface area contributed by atoms with Gasteiger partial charge >= 0.3 is 0 Å². The zero-order valence-electron chi connectivity index (χ0n) is 10.7. The normalized spacial score (nSPS) is 10.4. The minimum absolute atomic E-state index is 0.116. The molecule has 6 nitrogen and oxygen atoms in total. The number of rotatable bonds is 2. The Kier molecular flexibility index (Phi) is 2.81. The van der Waals surface area contributed by atoms with Crippen molar-refractivity contribution >= 4 is 16.7 Å². The summed E-state index contributed by atoms with van der Waals surface area (Å²) in [4.78, 5) is 14.6. The second kappa shape index (κ2) is 4.65. The van der Waals surface area contributed by atoms with Crippen LogP contribution in [0.25, 0.3) is 22.4 Å². The quantitative estimate of drug-likeness (QED) is 0.338. The largest absolute Gasteiger partial charge is 0.426 e. The van der Waals surface area contributed by atoms with E-state index in [1.165, 1.54) is 18.2 Å². The van der Waals surface area contributed by atoms with Crippen molar-refractivity contribution in [3.05, 3.63) is 58.1 Å². The summed E-state index contributed by atoms with van der Waals surface area (Å²) in [5, 5.41) is 21.0. The highest BCUT2D eigenvalue weighted by atomic mass is 16.6. The van der Waals surface area contributed by atoms with Crippen LogP contribution in [0.5, 0.6) is 0 Å². The van der Waals surface area contributed by atoms with E-state index in [0.29, 0.717) is 16.6 Å². The van der Waals surface area contributed by atoms with Crippen LogP contribution in [0.1, 0.15) is 5.56 Å². The van der Waals surface area contributed by atoms with E-state index in [2.05, 4.69) is 10.9 Å². The lowest BCUT2D eigenvalue weighted by molar-refractivity contribution is -0.384. The molecule has 0 aliphatic heterocycles. The van der Waals surface area contributed by atoms with Gasteiger partial charge in [0.1, 0.15) is 5.52 Å². The average Bonchev–Trinajstić information content (AvgIpc) is 2.83. The lowest BCUT2D eigenvalue weighted by Gasteiger charge is -2.03. The summed E-state index contributed by atoms with van der Waals surface area (Å²) in [6.07, 6.45) is 5.44. The van der Waals surface area contributed by atoms with Gasteiger partial charge in [0.25, 0.3) is 5.69 Å². The van der Waals surface area contributed by atoms with E-state index in [1.54, 1.807) is 24.3 Å². The van der Waals surface area contributed by atoms with Gasteiger partial charge in [0.2, 0.25) is 0 Å². The van der Waals surface area contributed by atoms with Gasteiger partial charge in [-0.05, 0) is 18.2 Å². The lowest BCUT2D eigenvalue weighted by Crippen LogP contribution is -1.96. The highest BCUT2D eigenvalue weighted by Crippen LogP contribution is 2.28. The number of hydrogen-bond donors (Lipinski definition) is 1. The molecule has 2 aromatic carbocycles. The smallest absolute Gasteiger partial charge is 0.271 e. The predicted molar refractivity (Wildman–Crippen MR) is 76.9 cm³/mol. The molecule has 0 bridgehead atoms. The molecule has 0 spiro atoms. The molecule has 6 heteroatoms. The number of non-ortho nitro benzene ring substituents is 1. The van der Waals surface area contributed by atoms with E-state index in [9.17, 15) is 15.3 Å². The fourth-order valence-electron chi connectivity index (χ4n) is 2.14. The second-order valence-electron chi connectivity index (χ2n) is 4.37. The van der Waals surface area contributed by atoms with Crippen molar-refractivity contribution in [1.82, 2.24) is 9.71 Å². The molecule has 102 valence electrons. The first-order valence-corrected chi connectivity index (χ1v) is 6.04. The number of aromatic nitrogens is 2. The molecule has 0 aliphatic rings. The van der Waals surface area contributed by atoms with Crippen molar-refractivity contribution in [3.8, 4) is 23.7 Å². The second-order valence-corrected chi connectivity index (χ2v) is 4.37. The third-order valence-corrected chi connectivity index (χ3v) is 3.15. The summed E-state index contributed by atoms with van der Waals surface area (Å²) < 4.78 is 0.818. The molecular formula is C15H9N3O3. The van der Waals surface area contributed by atoms with Gasteiger partial charge in [0, 0.05) is 23.3 Å². The van der Waals surface area contributed by atoms with Crippen LogP contribution in [0.2, 0.25) is 0 Å². The molecule has 21 heavy (non-hydrogen) atoms. The first-order chi connectivity index (χ1) is 10.1. The maximum atomic E-state index is 10.8. The molecule has 3 rings (SSSR count). The van der Waals surface area contributed by atoms with Crippen LogP contribution in [0, 0.1) is 22.5 Å². The summed E-state index contributed by atoms with van der Waals surface area (Å²) >= 11 is 0. The predicted octanol–water partition coefficient (Wildman–Crippen LogP) is 2.83. The highest BCUT2D eigenvalue weighted by molar-refractivity contribution is 5.83. The molecule has 1 N–H and O–H groups in total. The fraction of sp³-hybridized carbons (Fsp3) is 0. The van der Waals surface area contributed by atoms with Gasteiger partial charge in [0.05, 0.1) is 10.4 Å². The molecule has 0 atom stereocenters. The summed E-state index contributed by atoms with van der Waals surface area (Å²) in [7, 11) is 0. The van der Waals surface area contributed by atoms with Gasteiger partial charge in [-0.2, -0.15) is 4.73 Å². The molecule has 0 unspecified atom stereocenters. The Hall–Kier alpha value is -3.33. The first-order valence-electron chi connectivity index (χ1n) is 6.04. The molecule has 0 fully saturated rings. The van der Waals surface area contributed by atoms with E-state index < -0.39 is 4.92 Å². The maximum Gasteiger partial charge on any atom is 0.271 e. The van der Waals surface area contributed by atoms with Crippen molar-refractivity contribution in [3.63, 3.8) is 0 Å². The van der Waals surface area contributed by atoms with Crippen LogP contribution in [0.3, 0.4) is 0 Å². The molecule has 1 aromatic heterocycles. The Morgan fingerprint density at radius 3 is 2.76 bits per heavy atom. The van der Waals surface area contributed by atoms with Crippen molar-refractivity contribution in [1.29, 1.82) is 0 Å². The van der Waals surface area contributed by atoms with Gasteiger partial charge in [-0.1, -0.05) is 18.1 Å². The summed E-state index contributed by atoms with van der Waals surface area (Å²) in [6.45, 7) is 0. The molecule has 0 aliphatic carbocycles. The first kappa shape index (κ1) is 12.7. The number of nitro benzene ring substituents is 1. The standard InChI is InChI=1S/C15H9N3O3/c1-2-10-5-3-4-6-12(10)15-16-13-8-7-11(18(20)21)9-14(13)17(15)19/h1,3-9,19H. The maximum absolute atomic E-state index is 10.8. The van der Waals surface area contributed by atoms with Crippen LogP contribution < -0.4 is 0 Å². The van der Waals surface area contributed by atoms with Crippen LogP contribution in [-0.2, 0) is 0 Å². The topological polar surface area (TPSA) is 81.2 Å². The van der Waals surface area contributed by atoms with Crippen LogP contribution in [-0.4, -0.2) is 19.8 Å². The van der Waals surface area contributed by atoms with Crippen molar-refractivity contribution in [2.75, 3.05) is 0 Å². The van der Waals surface area contributed by atoms with E-state index in [4.69, 9.17) is 6.42 Å². The van der Waals surface area contributed by atoms with E-state index in [0.717, 1.165) is 4.73 Å². The fourth-order valence-corrected chi connectivity index (χ4v) is 2.14. The summed E-state index contributed by atoms with van der Waals surface area (Å²) in [6, 6.07) is 11.1. The number of fused-ring (bicyclic) bond motifs is 1. The van der Waals surface area contributed by atoms with Gasteiger partial charge in [-0.25, -0.2) is 4.98 Å². The van der Waals surface area contributed by atoms with E-state index in [-0.39, 0.29) is 17.0 Å². The number of hydrogen-bond acceptors (Lipinski definition) is 4. The molecule has 1 heterocycles. The molecular weight excluding hydrogens is 270 g/mol. The highest BCUT2D eigenvalue weighted by Gasteiger charge is 2.17. The average molecular weight is 279 g/mol. The number of nitrogens with zero attached hydrogens (tertiary/aromatic N) is 3. The zero-order chi connectivity index (χ0) is 15.0. The van der Waals surface area contributed by atoms with Gasteiger partial charge < -0.3 is 5.21 Å². The van der Waals surface area contributed by atoms with E-state index in [1.807, 2.05) is 0 Å². The third kappa shape index (κ3) is 1.97. The molecule has 0 saturated heterocycles. The van der Waals surface area contributed by atoms with Crippen LogP contribution >= 0.6 is 0 Å². The minimum atomic E-state index is -0.526. The van der Waals surface area contributed by atoms with Crippen LogP contribution in [0.15, 0.2) is 42.5 Å².